The molecular weight excluding hydrogens is 498 g/mol. The Morgan fingerprint density at radius 1 is 1.06 bits per heavy atom. The summed E-state index contributed by atoms with van der Waals surface area (Å²) >= 11 is 0. The van der Waals surface area contributed by atoms with Gasteiger partial charge in [-0.05, 0) is 48.7 Å². The van der Waals surface area contributed by atoms with E-state index in [-0.39, 0.29) is 44.9 Å². The SMILES string of the molecule is CCCCOc1c(C(=O)N2CCc3ccccc32)ccc2c1C(S(=O)(=O)c1ccccc1)CS2(O)O. The summed E-state index contributed by atoms with van der Waals surface area (Å²) in [6.07, 6.45) is 2.28. The lowest BCUT2D eigenvalue weighted by Gasteiger charge is -2.28. The molecule has 9 heteroatoms. The first-order chi connectivity index (χ1) is 17.3. The van der Waals surface area contributed by atoms with Gasteiger partial charge in [-0.15, -0.1) is 0 Å². The van der Waals surface area contributed by atoms with Crippen LogP contribution in [0.4, 0.5) is 5.69 Å². The van der Waals surface area contributed by atoms with Crippen LogP contribution in [0.15, 0.2) is 76.5 Å². The van der Waals surface area contributed by atoms with E-state index < -0.39 is 25.7 Å². The number of benzene rings is 3. The predicted octanol–water partition coefficient (Wildman–Crippen LogP) is 5.71. The molecule has 7 nitrogen and oxygen atoms in total. The maximum absolute atomic E-state index is 13.8. The maximum atomic E-state index is 13.8. The number of para-hydroxylation sites is 1. The number of nitrogens with zero attached hydrogens (tertiary/aromatic N) is 1. The zero-order valence-corrected chi connectivity index (χ0v) is 21.6. The van der Waals surface area contributed by atoms with Crippen LogP contribution in [0.25, 0.3) is 0 Å². The molecule has 1 atom stereocenters. The van der Waals surface area contributed by atoms with E-state index in [9.17, 15) is 22.3 Å². The zero-order valence-electron chi connectivity index (χ0n) is 20.0. The van der Waals surface area contributed by atoms with E-state index in [1.807, 2.05) is 31.2 Å². The number of sulfone groups is 1. The van der Waals surface area contributed by atoms with Crippen LogP contribution in [0.5, 0.6) is 5.75 Å². The second kappa shape index (κ2) is 9.55. The fraction of sp³-hybridized carbons (Fsp3) is 0.296. The van der Waals surface area contributed by atoms with Crippen molar-refractivity contribution in [2.45, 2.75) is 41.2 Å². The minimum atomic E-state index is -3.99. The van der Waals surface area contributed by atoms with Crippen molar-refractivity contribution in [3.8, 4) is 5.75 Å². The second-order valence-corrected chi connectivity index (χ2v) is 13.3. The maximum Gasteiger partial charge on any atom is 0.262 e. The molecule has 0 bridgehead atoms. The molecule has 36 heavy (non-hydrogen) atoms. The molecule has 3 aromatic carbocycles. The van der Waals surface area contributed by atoms with E-state index in [0.717, 1.165) is 24.1 Å². The van der Waals surface area contributed by atoms with Crippen molar-refractivity contribution in [2.75, 3.05) is 23.8 Å². The minimum Gasteiger partial charge on any atom is -0.492 e. The van der Waals surface area contributed by atoms with Crippen LogP contribution < -0.4 is 9.64 Å². The van der Waals surface area contributed by atoms with E-state index in [1.54, 1.807) is 23.1 Å². The Labute approximate surface area is 213 Å². The number of carbonyl (C=O) groups is 1. The van der Waals surface area contributed by atoms with Gasteiger partial charge in [0.15, 0.2) is 9.84 Å². The Morgan fingerprint density at radius 3 is 2.53 bits per heavy atom. The number of rotatable bonds is 7. The Hall–Kier alpha value is -2.85. The fourth-order valence-electron chi connectivity index (χ4n) is 4.91. The second-order valence-electron chi connectivity index (χ2n) is 9.07. The molecule has 1 amide bonds. The van der Waals surface area contributed by atoms with Gasteiger partial charge in [0.2, 0.25) is 0 Å². The summed E-state index contributed by atoms with van der Waals surface area (Å²) in [5.41, 5.74) is 2.31. The number of fused-ring (bicyclic) bond motifs is 2. The highest BCUT2D eigenvalue weighted by atomic mass is 32.3. The zero-order chi connectivity index (χ0) is 25.5. The van der Waals surface area contributed by atoms with Gasteiger partial charge in [0.05, 0.1) is 27.7 Å². The van der Waals surface area contributed by atoms with Crippen LogP contribution >= 0.6 is 10.6 Å². The van der Waals surface area contributed by atoms with Gasteiger partial charge in [0, 0.05) is 17.8 Å². The molecule has 2 aliphatic rings. The van der Waals surface area contributed by atoms with Crippen molar-refractivity contribution in [1.29, 1.82) is 0 Å². The minimum absolute atomic E-state index is 0.0859. The summed E-state index contributed by atoms with van der Waals surface area (Å²) in [5.74, 6) is -0.528. The van der Waals surface area contributed by atoms with Crippen LogP contribution in [0.3, 0.4) is 0 Å². The van der Waals surface area contributed by atoms with Gasteiger partial charge in [-0.2, -0.15) is 10.6 Å². The van der Waals surface area contributed by atoms with Gasteiger partial charge < -0.3 is 9.64 Å². The quantitative estimate of drug-likeness (QED) is 0.382. The Balaban J connectivity index is 1.66. The van der Waals surface area contributed by atoms with Gasteiger partial charge in [-0.25, -0.2) is 8.42 Å². The first-order valence-corrected chi connectivity index (χ1v) is 15.3. The molecule has 190 valence electrons. The number of anilines is 1. The molecule has 0 aliphatic carbocycles. The lowest BCUT2D eigenvalue weighted by molar-refractivity contribution is 0.0985. The van der Waals surface area contributed by atoms with Crippen LogP contribution in [-0.4, -0.2) is 42.3 Å². The number of hydrogen-bond acceptors (Lipinski definition) is 6. The summed E-state index contributed by atoms with van der Waals surface area (Å²) in [6, 6.07) is 18.7. The molecule has 2 aliphatic heterocycles. The number of unbranched alkanes of at least 4 members (excludes halogenated alkanes) is 1. The van der Waals surface area contributed by atoms with Crippen LogP contribution in [0.1, 0.15) is 46.5 Å². The average molecular weight is 528 g/mol. The first-order valence-electron chi connectivity index (χ1n) is 12.0. The van der Waals surface area contributed by atoms with Crippen molar-refractivity contribution in [2.24, 2.45) is 0 Å². The van der Waals surface area contributed by atoms with Crippen molar-refractivity contribution in [1.82, 2.24) is 0 Å². The van der Waals surface area contributed by atoms with Crippen molar-refractivity contribution < 1.29 is 27.1 Å². The van der Waals surface area contributed by atoms with E-state index in [4.69, 9.17) is 4.74 Å². The summed E-state index contributed by atoms with van der Waals surface area (Å²) in [6.45, 7) is 2.79. The largest absolute Gasteiger partial charge is 0.492 e. The normalized spacial score (nSPS) is 19.0. The summed E-state index contributed by atoms with van der Waals surface area (Å²) in [4.78, 5) is 15.7. The monoisotopic (exact) mass is 527 g/mol. The van der Waals surface area contributed by atoms with Crippen molar-refractivity contribution >= 4 is 32.0 Å². The highest BCUT2D eigenvalue weighted by molar-refractivity contribution is 8.25. The molecule has 1 unspecified atom stereocenters. The first kappa shape index (κ1) is 24.8. The molecule has 3 aromatic rings. The number of amides is 1. The van der Waals surface area contributed by atoms with Crippen LogP contribution in [-0.2, 0) is 16.3 Å². The third-order valence-electron chi connectivity index (χ3n) is 6.77. The van der Waals surface area contributed by atoms with Gasteiger partial charge in [-0.1, -0.05) is 49.7 Å². The van der Waals surface area contributed by atoms with Gasteiger partial charge in [-0.3, -0.25) is 13.9 Å². The van der Waals surface area contributed by atoms with Gasteiger partial charge in [0.25, 0.3) is 5.91 Å². The Bertz CT molecular complexity index is 1410. The van der Waals surface area contributed by atoms with E-state index in [2.05, 4.69) is 0 Å². The Kier molecular flexibility index (Phi) is 6.59. The third-order valence-corrected chi connectivity index (χ3v) is 10.9. The van der Waals surface area contributed by atoms with Gasteiger partial charge >= 0.3 is 0 Å². The van der Waals surface area contributed by atoms with E-state index in [1.165, 1.54) is 24.3 Å². The highest BCUT2D eigenvalue weighted by Crippen LogP contribution is 2.64. The van der Waals surface area contributed by atoms with E-state index in [0.29, 0.717) is 13.0 Å². The molecule has 0 saturated heterocycles. The topological polar surface area (TPSA) is 104 Å². The van der Waals surface area contributed by atoms with Gasteiger partial charge in [0.1, 0.15) is 11.0 Å². The molecule has 2 N–H and O–H groups in total. The lowest BCUT2D eigenvalue weighted by Crippen LogP contribution is -2.29. The molecule has 0 saturated carbocycles. The average Bonchev–Trinajstić information content (AvgIpc) is 3.43. The molecule has 0 fully saturated rings. The number of ether oxygens (including phenoxy) is 1. The van der Waals surface area contributed by atoms with Crippen molar-refractivity contribution in [3.05, 3.63) is 83.4 Å². The molecule has 0 aromatic heterocycles. The predicted molar refractivity (Wildman–Crippen MR) is 141 cm³/mol. The van der Waals surface area contributed by atoms with Crippen LogP contribution in [0, 0.1) is 0 Å². The molecular formula is C27H29NO6S2. The fourth-order valence-corrected chi connectivity index (χ4v) is 9.32. The number of carbonyl (C=O) groups excluding carboxylic acids is 1. The van der Waals surface area contributed by atoms with E-state index >= 15 is 0 Å². The van der Waals surface area contributed by atoms with Crippen LogP contribution in [0.2, 0.25) is 0 Å². The summed E-state index contributed by atoms with van der Waals surface area (Å²) in [5, 5.41) is -1.24. The Morgan fingerprint density at radius 2 is 1.78 bits per heavy atom. The highest BCUT2D eigenvalue weighted by Gasteiger charge is 2.46. The lowest BCUT2D eigenvalue weighted by atomic mass is 10.0. The smallest absolute Gasteiger partial charge is 0.262 e. The standard InChI is InChI=1S/C27H29NO6S2/c1-2-3-17-34-26-21(27(29)28-16-15-19-9-7-8-12-22(19)28)13-14-23-25(26)24(18-35(23,30)31)36(32,33)20-10-5-4-6-11-20/h4-14,24,30-31H,2-3,15-18H2,1H3. The third kappa shape index (κ3) is 4.20. The van der Waals surface area contributed by atoms with Crippen molar-refractivity contribution in [3.63, 3.8) is 0 Å². The number of hydrogen-bond donors (Lipinski definition) is 2. The molecule has 0 spiro atoms. The molecule has 2 heterocycles. The summed E-state index contributed by atoms with van der Waals surface area (Å²) < 4.78 is 55.4. The summed E-state index contributed by atoms with van der Waals surface area (Å²) in [7, 11) is -7.38. The molecule has 5 rings (SSSR count). The molecule has 0 radical (unpaired) electrons.